The minimum atomic E-state index is -0.452. The van der Waals surface area contributed by atoms with Crippen LogP contribution in [0.15, 0.2) is 0 Å². The van der Waals surface area contributed by atoms with Gasteiger partial charge in [-0.05, 0) is 19.8 Å². The number of rotatable bonds is 4. The van der Waals surface area contributed by atoms with E-state index >= 15 is 0 Å². The van der Waals surface area contributed by atoms with Crippen LogP contribution in [0.25, 0.3) is 0 Å². The summed E-state index contributed by atoms with van der Waals surface area (Å²) in [5.41, 5.74) is 0.419. The van der Waals surface area contributed by atoms with Crippen LogP contribution in [0, 0.1) is 16.0 Å². The standard InChI is InChI=1S/C10H16ClN3O2/c1-6(2)5-8-9(14(15)16)10(11)13(12-8)7(3)4/h6-7H,5H2,1-4H3. The van der Waals surface area contributed by atoms with Crippen molar-refractivity contribution in [2.75, 3.05) is 0 Å². The molecule has 0 amide bonds. The summed E-state index contributed by atoms with van der Waals surface area (Å²) < 4.78 is 1.50. The molecule has 90 valence electrons. The maximum absolute atomic E-state index is 10.9. The summed E-state index contributed by atoms with van der Waals surface area (Å²) in [6, 6.07) is 0.0205. The fraction of sp³-hybridized carbons (Fsp3) is 0.700. The molecule has 0 aliphatic rings. The van der Waals surface area contributed by atoms with E-state index in [9.17, 15) is 10.1 Å². The lowest BCUT2D eigenvalue weighted by Gasteiger charge is -2.04. The van der Waals surface area contributed by atoms with Crippen LogP contribution >= 0.6 is 11.6 Å². The third-order valence-electron chi connectivity index (χ3n) is 2.17. The van der Waals surface area contributed by atoms with Crippen molar-refractivity contribution in [2.45, 2.75) is 40.2 Å². The maximum Gasteiger partial charge on any atom is 0.329 e. The minimum absolute atomic E-state index is 0.0205. The van der Waals surface area contributed by atoms with Gasteiger partial charge in [0.1, 0.15) is 5.69 Å². The molecule has 1 heterocycles. The Morgan fingerprint density at radius 2 is 2.00 bits per heavy atom. The second kappa shape index (κ2) is 4.82. The van der Waals surface area contributed by atoms with Gasteiger partial charge in [0.2, 0.25) is 5.15 Å². The molecule has 1 rings (SSSR count). The molecular formula is C10H16ClN3O2. The Hall–Kier alpha value is -1.10. The Bertz CT molecular complexity index is 399. The predicted octanol–water partition coefficient (Wildman–Crippen LogP) is 3.22. The van der Waals surface area contributed by atoms with Gasteiger partial charge in [-0.1, -0.05) is 25.4 Å². The van der Waals surface area contributed by atoms with Crippen LogP contribution in [0.2, 0.25) is 5.15 Å². The van der Waals surface area contributed by atoms with Gasteiger partial charge in [-0.25, -0.2) is 4.68 Å². The van der Waals surface area contributed by atoms with Crippen LogP contribution in [0.5, 0.6) is 0 Å². The molecule has 0 bridgehead atoms. The van der Waals surface area contributed by atoms with Crippen molar-refractivity contribution in [3.8, 4) is 0 Å². The van der Waals surface area contributed by atoms with E-state index in [1.807, 2.05) is 27.7 Å². The number of hydrogen-bond acceptors (Lipinski definition) is 3. The van der Waals surface area contributed by atoms with E-state index in [0.29, 0.717) is 18.0 Å². The minimum Gasteiger partial charge on any atom is -0.258 e. The van der Waals surface area contributed by atoms with Crippen molar-refractivity contribution in [1.82, 2.24) is 9.78 Å². The normalized spacial score (nSPS) is 11.4. The molecule has 0 spiro atoms. The van der Waals surface area contributed by atoms with E-state index in [4.69, 9.17) is 11.6 Å². The lowest BCUT2D eigenvalue weighted by molar-refractivity contribution is -0.385. The molecule has 0 aliphatic heterocycles. The smallest absolute Gasteiger partial charge is 0.258 e. The van der Waals surface area contributed by atoms with Gasteiger partial charge in [-0.2, -0.15) is 5.10 Å². The van der Waals surface area contributed by atoms with E-state index in [0.717, 1.165) is 0 Å². The second-order valence-corrected chi connectivity index (χ2v) is 4.84. The van der Waals surface area contributed by atoms with Gasteiger partial charge >= 0.3 is 5.69 Å². The van der Waals surface area contributed by atoms with Crippen LogP contribution in [-0.4, -0.2) is 14.7 Å². The fourth-order valence-corrected chi connectivity index (χ4v) is 1.91. The lowest BCUT2D eigenvalue weighted by Crippen LogP contribution is -2.04. The quantitative estimate of drug-likeness (QED) is 0.604. The highest BCUT2D eigenvalue weighted by Crippen LogP contribution is 2.31. The molecule has 0 atom stereocenters. The first-order chi connectivity index (χ1) is 7.34. The van der Waals surface area contributed by atoms with Gasteiger partial charge in [-0.15, -0.1) is 0 Å². The van der Waals surface area contributed by atoms with Crippen molar-refractivity contribution < 1.29 is 4.92 Å². The van der Waals surface area contributed by atoms with Gasteiger partial charge < -0.3 is 0 Å². The molecular weight excluding hydrogens is 230 g/mol. The molecule has 5 nitrogen and oxygen atoms in total. The molecule has 0 aliphatic carbocycles. The molecule has 0 unspecified atom stereocenters. The molecule has 6 heteroatoms. The molecule has 0 radical (unpaired) electrons. The Morgan fingerprint density at radius 1 is 1.44 bits per heavy atom. The first-order valence-corrected chi connectivity index (χ1v) is 5.63. The monoisotopic (exact) mass is 245 g/mol. The number of halogens is 1. The van der Waals surface area contributed by atoms with Crippen LogP contribution in [-0.2, 0) is 6.42 Å². The highest BCUT2D eigenvalue weighted by molar-refractivity contribution is 6.31. The Kier molecular flexibility index (Phi) is 3.91. The lowest BCUT2D eigenvalue weighted by atomic mass is 10.1. The van der Waals surface area contributed by atoms with Crippen LogP contribution in [0.1, 0.15) is 39.4 Å². The van der Waals surface area contributed by atoms with Gasteiger partial charge in [0, 0.05) is 12.5 Å². The Morgan fingerprint density at radius 3 is 2.38 bits per heavy atom. The van der Waals surface area contributed by atoms with Crippen LogP contribution in [0.4, 0.5) is 5.69 Å². The van der Waals surface area contributed by atoms with E-state index in [1.54, 1.807) is 0 Å². The summed E-state index contributed by atoms with van der Waals surface area (Å²) in [4.78, 5) is 10.5. The van der Waals surface area contributed by atoms with Crippen LogP contribution in [0.3, 0.4) is 0 Å². The first-order valence-electron chi connectivity index (χ1n) is 5.25. The topological polar surface area (TPSA) is 61.0 Å². The highest BCUT2D eigenvalue weighted by atomic mass is 35.5. The average molecular weight is 246 g/mol. The number of hydrogen-bond donors (Lipinski definition) is 0. The maximum atomic E-state index is 10.9. The average Bonchev–Trinajstić information content (AvgIpc) is 2.41. The molecule has 1 aromatic heterocycles. The summed E-state index contributed by atoms with van der Waals surface area (Å²) in [6.45, 7) is 7.77. The first kappa shape index (κ1) is 13.0. The zero-order chi connectivity index (χ0) is 12.5. The molecule has 1 aromatic rings. The summed E-state index contributed by atoms with van der Waals surface area (Å²) in [5, 5.41) is 15.3. The Balaban J connectivity index is 3.25. The largest absolute Gasteiger partial charge is 0.329 e. The zero-order valence-electron chi connectivity index (χ0n) is 9.90. The van der Waals surface area contributed by atoms with Crippen molar-refractivity contribution in [3.63, 3.8) is 0 Å². The summed E-state index contributed by atoms with van der Waals surface area (Å²) in [6.07, 6.45) is 0.565. The SMILES string of the molecule is CC(C)Cc1nn(C(C)C)c(Cl)c1[N+](=O)[O-]. The van der Waals surface area contributed by atoms with Gasteiger partial charge in [0.15, 0.2) is 0 Å². The fourth-order valence-electron chi connectivity index (χ4n) is 1.50. The van der Waals surface area contributed by atoms with E-state index in [2.05, 4.69) is 5.10 Å². The van der Waals surface area contributed by atoms with Crippen molar-refractivity contribution in [1.29, 1.82) is 0 Å². The molecule has 0 N–H and O–H groups in total. The van der Waals surface area contributed by atoms with Crippen molar-refractivity contribution in [2.24, 2.45) is 5.92 Å². The van der Waals surface area contributed by atoms with Gasteiger partial charge in [-0.3, -0.25) is 10.1 Å². The third kappa shape index (κ3) is 2.52. The highest BCUT2D eigenvalue weighted by Gasteiger charge is 2.27. The molecule has 16 heavy (non-hydrogen) atoms. The van der Waals surface area contributed by atoms with Gasteiger partial charge in [0.25, 0.3) is 0 Å². The number of nitro groups is 1. The zero-order valence-corrected chi connectivity index (χ0v) is 10.7. The second-order valence-electron chi connectivity index (χ2n) is 4.48. The molecule has 0 aromatic carbocycles. The number of aromatic nitrogens is 2. The molecule has 0 saturated carbocycles. The predicted molar refractivity (Wildman–Crippen MR) is 62.8 cm³/mol. The van der Waals surface area contributed by atoms with Crippen molar-refractivity contribution in [3.05, 3.63) is 21.0 Å². The third-order valence-corrected chi connectivity index (χ3v) is 2.52. The molecule has 0 saturated heterocycles. The van der Waals surface area contributed by atoms with Gasteiger partial charge in [0.05, 0.1) is 4.92 Å². The van der Waals surface area contributed by atoms with Crippen molar-refractivity contribution >= 4 is 17.3 Å². The molecule has 0 fully saturated rings. The van der Waals surface area contributed by atoms with E-state index in [1.165, 1.54) is 4.68 Å². The summed E-state index contributed by atoms with van der Waals surface area (Å²) in [5.74, 6) is 0.310. The number of nitrogens with zero attached hydrogens (tertiary/aromatic N) is 3. The Labute approximate surface area is 99.5 Å². The van der Waals surface area contributed by atoms with Crippen LogP contribution < -0.4 is 0 Å². The summed E-state index contributed by atoms with van der Waals surface area (Å²) >= 11 is 5.96. The van der Waals surface area contributed by atoms with E-state index in [-0.39, 0.29) is 16.9 Å². The van der Waals surface area contributed by atoms with E-state index < -0.39 is 4.92 Å². The summed E-state index contributed by atoms with van der Waals surface area (Å²) in [7, 11) is 0.